The highest BCUT2D eigenvalue weighted by Gasteiger charge is 2.34. The Morgan fingerprint density at radius 2 is 2.00 bits per heavy atom. The van der Waals surface area contributed by atoms with Crippen LogP contribution in [-0.4, -0.2) is 65.5 Å². The first-order chi connectivity index (χ1) is 15.6. The molecule has 7 nitrogen and oxygen atoms in total. The average molecular weight is 431 g/mol. The zero-order valence-corrected chi connectivity index (χ0v) is 18.3. The molecule has 0 saturated carbocycles. The molecular weight excluding hydrogens is 404 g/mol. The largest absolute Gasteiger partial charge is 0.493 e. The van der Waals surface area contributed by atoms with Crippen LogP contribution in [0.4, 0.5) is 0 Å². The lowest BCUT2D eigenvalue weighted by Crippen LogP contribution is -2.51. The van der Waals surface area contributed by atoms with Crippen molar-refractivity contribution in [3.63, 3.8) is 0 Å². The lowest BCUT2D eigenvalue weighted by molar-refractivity contribution is -0.120. The van der Waals surface area contributed by atoms with Gasteiger partial charge in [0.1, 0.15) is 35.3 Å². The maximum atomic E-state index is 6.22. The molecule has 4 heterocycles. The van der Waals surface area contributed by atoms with Crippen molar-refractivity contribution in [3.05, 3.63) is 54.9 Å². The van der Waals surface area contributed by atoms with Gasteiger partial charge in [0, 0.05) is 30.0 Å². The molecule has 0 spiro atoms. The van der Waals surface area contributed by atoms with Gasteiger partial charge >= 0.3 is 0 Å². The molecule has 4 aromatic rings. The summed E-state index contributed by atoms with van der Waals surface area (Å²) in [6, 6.07) is 16.2. The van der Waals surface area contributed by atoms with Gasteiger partial charge in [-0.2, -0.15) is 0 Å². The summed E-state index contributed by atoms with van der Waals surface area (Å²) in [4.78, 5) is 11.8. The zero-order valence-electron chi connectivity index (χ0n) is 18.3. The van der Waals surface area contributed by atoms with Crippen LogP contribution in [0.25, 0.3) is 27.8 Å². The Morgan fingerprint density at radius 1 is 1.12 bits per heavy atom. The second-order valence-corrected chi connectivity index (χ2v) is 9.32. The molecule has 7 heteroatoms. The minimum absolute atomic E-state index is 0.109. The van der Waals surface area contributed by atoms with Gasteiger partial charge in [0.05, 0.1) is 30.9 Å². The molecule has 0 aliphatic carbocycles. The maximum Gasteiger partial charge on any atom is 0.146 e. The van der Waals surface area contributed by atoms with Gasteiger partial charge < -0.3 is 14.2 Å². The van der Waals surface area contributed by atoms with Crippen LogP contribution in [0.1, 0.15) is 6.92 Å². The molecule has 6 rings (SSSR count). The predicted octanol–water partition coefficient (Wildman–Crippen LogP) is 3.68. The van der Waals surface area contributed by atoms with Crippen LogP contribution in [0.3, 0.4) is 0 Å². The topological polar surface area (TPSA) is 61.6 Å². The summed E-state index contributed by atoms with van der Waals surface area (Å²) < 4.78 is 19.5. The molecule has 0 radical (unpaired) electrons. The van der Waals surface area contributed by atoms with E-state index in [0.29, 0.717) is 6.61 Å². The molecule has 32 heavy (non-hydrogen) atoms. The van der Waals surface area contributed by atoms with Crippen molar-refractivity contribution < 1.29 is 14.2 Å². The number of hydrogen-bond donors (Lipinski definition) is 0. The van der Waals surface area contributed by atoms with E-state index in [1.54, 1.807) is 0 Å². The Bertz CT molecular complexity index is 1290. The minimum Gasteiger partial charge on any atom is -0.493 e. The van der Waals surface area contributed by atoms with Gasteiger partial charge in [0.2, 0.25) is 0 Å². The van der Waals surface area contributed by atoms with Crippen molar-refractivity contribution >= 4 is 21.9 Å². The molecule has 0 bridgehead atoms. The van der Waals surface area contributed by atoms with Crippen LogP contribution < -0.4 is 9.47 Å². The molecule has 164 valence electrons. The van der Waals surface area contributed by atoms with Crippen LogP contribution >= 0.6 is 0 Å². The summed E-state index contributed by atoms with van der Waals surface area (Å²) in [6.45, 7) is 6.21. The van der Waals surface area contributed by atoms with E-state index >= 15 is 0 Å². The fourth-order valence-corrected chi connectivity index (χ4v) is 4.29. The molecule has 0 amide bonds. The summed E-state index contributed by atoms with van der Waals surface area (Å²) in [5.41, 5.74) is 2.85. The number of rotatable bonds is 6. The SMILES string of the molecule is CN1CC(Oc2cccc3ccc(-n4cnc5cc(OCC6(C)COC6)ccc54)nc23)C1. The van der Waals surface area contributed by atoms with Crippen LogP contribution in [0.2, 0.25) is 0 Å². The molecule has 2 aliphatic rings. The van der Waals surface area contributed by atoms with Crippen LogP contribution in [0, 0.1) is 5.41 Å². The number of para-hydroxylation sites is 1. The molecular formula is C25H26N4O3. The number of benzene rings is 2. The number of fused-ring (bicyclic) bond motifs is 2. The third-order valence-electron chi connectivity index (χ3n) is 6.25. The zero-order chi connectivity index (χ0) is 21.7. The number of ether oxygens (including phenoxy) is 3. The summed E-state index contributed by atoms with van der Waals surface area (Å²) in [6.07, 6.45) is 2.03. The van der Waals surface area contributed by atoms with Crippen LogP contribution in [0.15, 0.2) is 54.9 Å². The van der Waals surface area contributed by atoms with Crippen molar-refractivity contribution in [2.45, 2.75) is 13.0 Å². The van der Waals surface area contributed by atoms with E-state index in [4.69, 9.17) is 19.2 Å². The predicted molar refractivity (Wildman–Crippen MR) is 123 cm³/mol. The second kappa shape index (κ2) is 7.46. The van der Waals surface area contributed by atoms with E-state index in [1.807, 2.05) is 47.3 Å². The Morgan fingerprint density at radius 3 is 2.78 bits per heavy atom. The monoisotopic (exact) mass is 430 g/mol. The van der Waals surface area contributed by atoms with Crippen molar-refractivity contribution in [2.24, 2.45) is 5.41 Å². The average Bonchev–Trinajstić information content (AvgIpc) is 3.18. The maximum absolute atomic E-state index is 6.22. The van der Waals surface area contributed by atoms with Gasteiger partial charge in [0.25, 0.3) is 0 Å². The lowest BCUT2D eigenvalue weighted by Gasteiger charge is -2.37. The molecule has 2 aromatic carbocycles. The Balaban J connectivity index is 1.30. The standard InChI is InChI=1S/C25H26N4O3/c1-25(13-30-14-25)15-31-18-7-8-21-20(10-18)26-16-29(21)23-9-6-17-4-3-5-22(24(17)27-23)32-19-11-28(2)12-19/h3-10,16,19H,11-15H2,1-2H3. The van der Waals surface area contributed by atoms with E-state index in [2.05, 4.69) is 36.0 Å². The highest BCUT2D eigenvalue weighted by Crippen LogP contribution is 2.30. The highest BCUT2D eigenvalue weighted by atomic mass is 16.5. The van der Waals surface area contributed by atoms with Crippen LogP contribution in [0.5, 0.6) is 11.5 Å². The number of imidazole rings is 1. The van der Waals surface area contributed by atoms with Gasteiger partial charge in [-0.3, -0.25) is 9.47 Å². The number of likely N-dealkylation sites (N-methyl/N-ethyl adjacent to an activating group) is 1. The molecule has 2 saturated heterocycles. The minimum atomic E-state index is 0.109. The van der Waals surface area contributed by atoms with E-state index in [-0.39, 0.29) is 11.5 Å². The Labute approximate surface area is 186 Å². The summed E-state index contributed by atoms with van der Waals surface area (Å²) >= 11 is 0. The molecule has 0 unspecified atom stereocenters. The lowest BCUT2D eigenvalue weighted by atomic mass is 9.90. The van der Waals surface area contributed by atoms with Gasteiger partial charge in [-0.25, -0.2) is 9.97 Å². The quantitative estimate of drug-likeness (QED) is 0.465. The number of hydrogen-bond acceptors (Lipinski definition) is 6. The van der Waals surface area contributed by atoms with Crippen molar-refractivity contribution in [2.75, 3.05) is 40.0 Å². The smallest absolute Gasteiger partial charge is 0.146 e. The molecule has 2 aromatic heterocycles. The van der Waals surface area contributed by atoms with Crippen molar-refractivity contribution in [1.82, 2.24) is 19.4 Å². The van der Waals surface area contributed by atoms with Gasteiger partial charge in [-0.15, -0.1) is 0 Å². The molecule has 2 aliphatic heterocycles. The number of pyridine rings is 1. The van der Waals surface area contributed by atoms with E-state index in [9.17, 15) is 0 Å². The Kier molecular flexibility index (Phi) is 4.55. The fourth-order valence-electron chi connectivity index (χ4n) is 4.29. The van der Waals surface area contributed by atoms with Gasteiger partial charge in [-0.1, -0.05) is 19.1 Å². The molecule has 0 N–H and O–H groups in total. The number of nitrogens with zero attached hydrogens (tertiary/aromatic N) is 4. The summed E-state index contributed by atoms with van der Waals surface area (Å²) in [5, 5.41) is 1.06. The van der Waals surface area contributed by atoms with E-state index < -0.39 is 0 Å². The number of likely N-dealkylation sites (tertiary alicyclic amines) is 1. The van der Waals surface area contributed by atoms with E-state index in [0.717, 1.165) is 65.6 Å². The third kappa shape index (κ3) is 3.47. The fraction of sp³-hybridized carbons (Fsp3) is 0.360. The summed E-state index contributed by atoms with van der Waals surface area (Å²) in [7, 11) is 2.10. The van der Waals surface area contributed by atoms with Crippen molar-refractivity contribution in [3.8, 4) is 17.3 Å². The van der Waals surface area contributed by atoms with Gasteiger partial charge in [0.15, 0.2) is 0 Å². The third-order valence-corrected chi connectivity index (χ3v) is 6.25. The molecule has 0 atom stereocenters. The Hall–Kier alpha value is -3.16. The second-order valence-electron chi connectivity index (χ2n) is 9.32. The highest BCUT2D eigenvalue weighted by molar-refractivity contribution is 5.86. The van der Waals surface area contributed by atoms with Crippen molar-refractivity contribution in [1.29, 1.82) is 0 Å². The van der Waals surface area contributed by atoms with Gasteiger partial charge in [-0.05, 0) is 37.4 Å². The van der Waals surface area contributed by atoms with E-state index in [1.165, 1.54) is 0 Å². The normalized spacial score (nSPS) is 18.4. The summed E-state index contributed by atoms with van der Waals surface area (Å²) in [5.74, 6) is 2.47. The number of aromatic nitrogens is 3. The first kappa shape index (κ1) is 19.5. The first-order valence-electron chi connectivity index (χ1n) is 11.0. The van der Waals surface area contributed by atoms with Crippen LogP contribution in [-0.2, 0) is 4.74 Å². The first-order valence-corrected chi connectivity index (χ1v) is 11.0. The molecule has 2 fully saturated rings.